The van der Waals surface area contributed by atoms with Crippen molar-refractivity contribution < 1.29 is 0 Å². The van der Waals surface area contributed by atoms with Gasteiger partial charge >= 0.3 is 0 Å². The van der Waals surface area contributed by atoms with Gasteiger partial charge in [0.15, 0.2) is 0 Å². The summed E-state index contributed by atoms with van der Waals surface area (Å²) in [5.41, 5.74) is 11.4. The highest BCUT2D eigenvalue weighted by Crippen LogP contribution is 2.38. The summed E-state index contributed by atoms with van der Waals surface area (Å²) in [6.07, 6.45) is 4.11. The van der Waals surface area contributed by atoms with E-state index in [1.807, 2.05) is 12.3 Å². The highest BCUT2D eigenvalue weighted by molar-refractivity contribution is 6.09. The van der Waals surface area contributed by atoms with E-state index in [-0.39, 0.29) is 0 Å². The summed E-state index contributed by atoms with van der Waals surface area (Å²) in [6.45, 7) is 0. The van der Waals surface area contributed by atoms with Gasteiger partial charge in [0.2, 0.25) is 0 Å². The number of pyridine rings is 1. The number of benzene rings is 4. The Kier molecular flexibility index (Phi) is 4.00. The van der Waals surface area contributed by atoms with E-state index in [2.05, 4.69) is 102 Å². The van der Waals surface area contributed by atoms with E-state index in [0.29, 0.717) is 0 Å². The molecule has 156 valence electrons. The number of para-hydroxylation sites is 1. The Morgan fingerprint density at radius 3 is 2.24 bits per heavy atom. The van der Waals surface area contributed by atoms with Gasteiger partial charge < -0.3 is 0 Å². The molecule has 1 aliphatic carbocycles. The van der Waals surface area contributed by atoms with Gasteiger partial charge in [-0.1, -0.05) is 66.7 Å². The lowest BCUT2D eigenvalue weighted by Gasteiger charge is -2.20. The molecular formula is C31H22N2. The minimum atomic E-state index is 0.996. The molecule has 0 spiro atoms. The van der Waals surface area contributed by atoms with Crippen LogP contribution in [0.25, 0.3) is 49.9 Å². The summed E-state index contributed by atoms with van der Waals surface area (Å²) in [5.74, 6) is 0. The SMILES string of the molecule is c1ccc(-n2c3cc(-c4ccc5c(c4)-c4ccccc4CC5)ccc3c3cccnc32)cc1. The molecule has 0 unspecified atom stereocenters. The van der Waals surface area contributed by atoms with Crippen LogP contribution in [0.1, 0.15) is 11.1 Å². The average molecular weight is 423 g/mol. The molecule has 1 aliphatic rings. The number of hydrogen-bond donors (Lipinski definition) is 0. The quantitative estimate of drug-likeness (QED) is 0.281. The second kappa shape index (κ2) is 7.18. The zero-order chi connectivity index (χ0) is 21.8. The fraction of sp³-hybridized carbons (Fsp3) is 0.0645. The van der Waals surface area contributed by atoms with Gasteiger partial charge in [-0.25, -0.2) is 4.98 Å². The van der Waals surface area contributed by atoms with Crippen LogP contribution in [0.15, 0.2) is 109 Å². The first-order valence-corrected chi connectivity index (χ1v) is 11.5. The van der Waals surface area contributed by atoms with Gasteiger partial charge in [-0.2, -0.15) is 0 Å². The molecule has 0 saturated carbocycles. The molecular weight excluding hydrogens is 400 g/mol. The Morgan fingerprint density at radius 2 is 1.33 bits per heavy atom. The molecule has 6 aromatic rings. The number of hydrogen-bond acceptors (Lipinski definition) is 1. The lowest BCUT2D eigenvalue weighted by atomic mass is 9.84. The van der Waals surface area contributed by atoms with Gasteiger partial charge in [0.25, 0.3) is 0 Å². The van der Waals surface area contributed by atoms with Crippen molar-refractivity contribution in [2.24, 2.45) is 0 Å². The minimum Gasteiger partial charge on any atom is -0.294 e. The maximum absolute atomic E-state index is 4.74. The number of nitrogens with zero attached hydrogens (tertiary/aromatic N) is 2. The van der Waals surface area contributed by atoms with Crippen LogP contribution in [0, 0.1) is 0 Å². The average Bonchev–Trinajstić information content (AvgIpc) is 3.22. The first-order valence-electron chi connectivity index (χ1n) is 11.5. The van der Waals surface area contributed by atoms with Crippen LogP contribution >= 0.6 is 0 Å². The molecule has 7 rings (SSSR count). The summed E-state index contributed by atoms with van der Waals surface area (Å²) >= 11 is 0. The zero-order valence-electron chi connectivity index (χ0n) is 18.2. The molecule has 0 aliphatic heterocycles. The highest BCUT2D eigenvalue weighted by Gasteiger charge is 2.17. The van der Waals surface area contributed by atoms with Crippen molar-refractivity contribution in [3.8, 4) is 27.9 Å². The van der Waals surface area contributed by atoms with Crippen LogP contribution in [-0.4, -0.2) is 9.55 Å². The number of aromatic nitrogens is 2. The Bertz CT molecular complexity index is 1660. The van der Waals surface area contributed by atoms with Crippen molar-refractivity contribution in [3.63, 3.8) is 0 Å². The highest BCUT2D eigenvalue weighted by atomic mass is 15.0. The third-order valence-corrected chi connectivity index (χ3v) is 6.96. The van der Waals surface area contributed by atoms with Gasteiger partial charge in [0.1, 0.15) is 5.65 Å². The first-order chi connectivity index (χ1) is 16.4. The lowest BCUT2D eigenvalue weighted by Crippen LogP contribution is -2.03. The van der Waals surface area contributed by atoms with E-state index < -0.39 is 0 Å². The van der Waals surface area contributed by atoms with E-state index in [4.69, 9.17) is 4.98 Å². The molecule has 0 N–H and O–H groups in total. The normalized spacial score (nSPS) is 12.6. The van der Waals surface area contributed by atoms with Crippen molar-refractivity contribution in [1.82, 2.24) is 9.55 Å². The van der Waals surface area contributed by atoms with Crippen LogP contribution in [0.5, 0.6) is 0 Å². The monoisotopic (exact) mass is 422 g/mol. The van der Waals surface area contributed by atoms with Gasteiger partial charge in [-0.05, 0) is 82.6 Å². The third-order valence-electron chi connectivity index (χ3n) is 6.96. The van der Waals surface area contributed by atoms with Crippen molar-refractivity contribution in [2.75, 3.05) is 0 Å². The second-order valence-electron chi connectivity index (χ2n) is 8.81. The predicted molar refractivity (Wildman–Crippen MR) is 137 cm³/mol. The largest absolute Gasteiger partial charge is 0.294 e. The van der Waals surface area contributed by atoms with E-state index in [1.165, 1.54) is 49.7 Å². The van der Waals surface area contributed by atoms with Crippen LogP contribution in [0.3, 0.4) is 0 Å². The van der Waals surface area contributed by atoms with Gasteiger partial charge in [0.05, 0.1) is 5.52 Å². The molecule has 2 aromatic heterocycles. The molecule has 0 saturated heterocycles. The molecule has 2 nitrogen and oxygen atoms in total. The number of fused-ring (bicyclic) bond motifs is 6. The Morgan fingerprint density at radius 1 is 0.576 bits per heavy atom. The minimum absolute atomic E-state index is 0.996. The summed E-state index contributed by atoms with van der Waals surface area (Å²) in [6, 6.07) is 37.3. The molecule has 2 heterocycles. The molecule has 0 bridgehead atoms. The number of rotatable bonds is 2. The smallest absolute Gasteiger partial charge is 0.145 e. The van der Waals surface area contributed by atoms with Crippen LogP contribution in [0.2, 0.25) is 0 Å². The summed E-state index contributed by atoms with van der Waals surface area (Å²) in [5, 5.41) is 2.41. The number of aryl methyl sites for hydroxylation is 2. The van der Waals surface area contributed by atoms with Gasteiger partial charge in [-0.3, -0.25) is 4.57 Å². The Hall–Kier alpha value is -4.17. The fourth-order valence-electron chi connectivity index (χ4n) is 5.36. The van der Waals surface area contributed by atoms with E-state index in [9.17, 15) is 0 Å². The van der Waals surface area contributed by atoms with Crippen molar-refractivity contribution in [1.29, 1.82) is 0 Å². The van der Waals surface area contributed by atoms with Crippen LogP contribution in [0.4, 0.5) is 0 Å². The standard InChI is InChI=1S/C31H22N2/c1-2-8-25(9-3-1)33-30-20-24(16-17-27(30)28-11-6-18-32-31(28)33)23-15-14-22-13-12-21-7-4-5-10-26(21)29(22)19-23/h1-11,14-20H,12-13H2. The van der Waals surface area contributed by atoms with Gasteiger partial charge in [-0.15, -0.1) is 0 Å². The van der Waals surface area contributed by atoms with Crippen molar-refractivity contribution in [2.45, 2.75) is 12.8 Å². The maximum Gasteiger partial charge on any atom is 0.145 e. The fourth-order valence-corrected chi connectivity index (χ4v) is 5.36. The van der Waals surface area contributed by atoms with E-state index in [1.54, 1.807) is 0 Å². The molecule has 0 fully saturated rings. The second-order valence-corrected chi connectivity index (χ2v) is 8.81. The molecule has 0 radical (unpaired) electrons. The van der Waals surface area contributed by atoms with Gasteiger partial charge in [0, 0.05) is 22.7 Å². The predicted octanol–water partition coefficient (Wildman–Crippen LogP) is 7.61. The molecule has 0 amide bonds. The van der Waals surface area contributed by atoms with E-state index in [0.717, 1.165) is 24.2 Å². The summed E-state index contributed by atoms with van der Waals surface area (Å²) in [4.78, 5) is 4.74. The summed E-state index contributed by atoms with van der Waals surface area (Å²) < 4.78 is 2.28. The Labute approximate surface area is 192 Å². The van der Waals surface area contributed by atoms with Crippen molar-refractivity contribution >= 4 is 21.9 Å². The van der Waals surface area contributed by atoms with E-state index >= 15 is 0 Å². The molecule has 0 atom stereocenters. The maximum atomic E-state index is 4.74. The topological polar surface area (TPSA) is 17.8 Å². The first kappa shape index (κ1) is 18.4. The molecule has 2 heteroatoms. The van der Waals surface area contributed by atoms with Crippen molar-refractivity contribution in [3.05, 3.63) is 120 Å². The Balaban J connectivity index is 1.46. The van der Waals surface area contributed by atoms with Crippen LogP contribution in [-0.2, 0) is 12.8 Å². The van der Waals surface area contributed by atoms with Crippen LogP contribution < -0.4 is 0 Å². The third kappa shape index (κ3) is 2.84. The lowest BCUT2D eigenvalue weighted by molar-refractivity contribution is 0.942. The zero-order valence-corrected chi connectivity index (χ0v) is 18.2. The summed E-state index contributed by atoms with van der Waals surface area (Å²) in [7, 11) is 0. The molecule has 33 heavy (non-hydrogen) atoms. The molecule has 4 aromatic carbocycles.